The fraction of sp³-hybridized carbons (Fsp3) is 0.812. The largest absolute Gasteiger partial charge is 0.356 e. The average Bonchev–Trinajstić information content (AvgIpc) is 2.76. The standard InChI is InChI=1S/C16H31N5O2/c1-6-8-11-20(5)14(17-4)18-10-9-12-21-13(22)16(3,7-2)19-15(21)23/h6-12H2,1-5H3,(H,17,18)(H,19,23). The van der Waals surface area contributed by atoms with Gasteiger partial charge >= 0.3 is 6.03 Å². The second kappa shape index (κ2) is 8.74. The van der Waals surface area contributed by atoms with E-state index in [0.717, 1.165) is 25.3 Å². The van der Waals surface area contributed by atoms with Gasteiger partial charge < -0.3 is 15.5 Å². The van der Waals surface area contributed by atoms with E-state index in [2.05, 4.69) is 27.4 Å². The molecular weight excluding hydrogens is 294 g/mol. The first-order valence-electron chi connectivity index (χ1n) is 8.45. The Balaban J connectivity index is 2.40. The monoisotopic (exact) mass is 325 g/mol. The van der Waals surface area contributed by atoms with Crippen molar-refractivity contribution in [2.45, 2.75) is 52.0 Å². The summed E-state index contributed by atoms with van der Waals surface area (Å²) >= 11 is 0. The lowest BCUT2D eigenvalue weighted by molar-refractivity contribution is -0.130. The summed E-state index contributed by atoms with van der Waals surface area (Å²) < 4.78 is 0. The number of nitrogens with one attached hydrogen (secondary N) is 2. The van der Waals surface area contributed by atoms with Crippen molar-refractivity contribution in [2.75, 3.05) is 33.7 Å². The minimum Gasteiger partial charge on any atom is -0.356 e. The molecule has 23 heavy (non-hydrogen) atoms. The minimum atomic E-state index is -0.749. The van der Waals surface area contributed by atoms with Gasteiger partial charge in [0, 0.05) is 33.7 Å². The number of aliphatic imine (C=N–C) groups is 1. The van der Waals surface area contributed by atoms with Crippen LogP contribution < -0.4 is 10.6 Å². The van der Waals surface area contributed by atoms with Crippen LogP contribution in [0.15, 0.2) is 4.99 Å². The van der Waals surface area contributed by atoms with Crippen LogP contribution in [0.5, 0.6) is 0 Å². The fourth-order valence-corrected chi connectivity index (χ4v) is 2.51. The van der Waals surface area contributed by atoms with Crippen LogP contribution in [-0.4, -0.2) is 67.0 Å². The smallest absolute Gasteiger partial charge is 0.325 e. The molecule has 0 aromatic rings. The van der Waals surface area contributed by atoms with E-state index in [1.807, 2.05) is 14.0 Å². The Morgan fingerprint density at radius 3 is 2.57 bits per heavy atom. The molecule has 1 aliphatic heterocycles. The summed E-state index contributed by atoms with van der Waals surface area (Å²) in [5.74, 6) is 0.712. The minimum absolute atomic E-state index is 0.130. The summed E-state index contributed by atoms with van der Waals surface area (Å²) in [6, 6.07) is -0.288. The normalized spacial score (nSPS) is 21.6. The molecule has 1 unspecified atom stereocenters. The van der Waals surface area contributed by atoms with Crippen molar-refractivity contribution < 1.29 is 9.59 Å². The molecule has 1 heterocycles. The number of imide groups is 1. The van der Waals surface area contributed by atoms with E-state index in [0.29, 0.717) is 25.9 Å². The number of urea groups is 1. The molecule has 1 fully saturated rings. The zero-order chi connectivity index (χ0) is 17.5. The van der Waals surface area contributed by atoms with Crippen LogP contribution in [0.3, 0.4) is 0 Å². The number of hydrogen-bond donors (Lipinski definition) is 2. The molecule has 1 saturated heterocycles. The third kappa shape index (κ3) is 4.84. The molecule has 0 aromatic heterocycles. The van der Waals surface area contributed by atoms with E-state index >= 15 is 0 Å². The molecule has 1 aliphatic rings. The van der Waals surface area contributed by atoms with E-state index in [1.165, 1.54) is 4.90 Å². The predicted octanol–water partition coefficient (Wildman–Crippen LogP) is 1.40. The number of rotatable bonds is 8. The highest BCUT2D eigenvalue weighted by Gasteiger charge is 2.45. The van der Waals surface area contributed by atoms with Crippen LogP contribution >= 0.6 is 0 Å². The number of carbonyl (C=O) groups excluding carboxylic acids is 2. The second-order valence-electron chi connectivity index (χ2n) is 6.18. The van der Waals surface area contributed by atoms with Crippen molar-refractivity contribution in [1.82, 2.24) is 20.4 Å². The van der Waals surface area contributed by atoms with E-state index < -0.39 is 5.54 Å². The molecule has 0 aromatic carbocycles. The molecule has 0 bridgehead atoms. The van der Waals surface area contributed by atoms with E-state index in [-0.39, 0.29) is 11.9 Å². The van der Waals surface area contributed by atoms with Gasteiger partial charge in [-0.05, 0) is 26.2 Å². The fourth-order valence-electron chi connectivity index (χ4n) is 2.51. The quantitative estimate of drug-likeness (QED) is 0.306. The van der Waals surface area contributed by atoms with Crippen molar-refractivity contribution in [3.8, 4) is 0 Å². The Kier molecular flexibility index (Phi) is 7.32. The van der Waals surface area contributed by atoms with Crippen molar-refractivity contribution >= 4 is 17.9 Å². The van der Waals surface area contributed by atoms with Gasteiger partial charge in [-0.2, -0.15) is 0 Å². The molecule has 0 radical (unpaired) electrons. The lowest BCUT2D eigenvalue weighted by Gasteiger charge is -2.22. The summed E-state index contributed by atoms with van der Waals surface area (Å²) in [4.78, 5) is 31.8. The van der Waals surface area contributed by atoms with E-state index in [4.69, 9.17) is 0 Å². The van der Waals surface area contributed by atoms with E-state index in [1.54, 1.807) is 14.0 Å². The third-order valence-corrected chi connectivity index (χ3v) is 4.31. The highest BCUT2D eigenvalue weighted by Crippen LogP contribution is 2.20. The van der Waals surface area contributed by atoms with Gasteiger partial charge in [0.25, 0.3) is 5.91 Å². The maximum atomic E-state index is 12.3. The number of amides is 3. The molecular formula is C16H31N5O2. The number of guanidine groups is 1. The van der Waals surface area contributed by atoms with Crippen LogP contribution in [0.2, 0.25) is 0 Å². The molecule has 0 saturated carbocycles. The van der Waals surface area contributed by atoms with Crippen LogP contribution in [0.25, 0.3) is 0 Å². The Labute approximate surface area is 139 Å². The van der Waals surface area contributed by atoms with Crippen LogP contribution in [0, 0.1) is 0 Å². The number of hydrogen-bond acceptors (Lipinski definition) is 3. The summed E-state index contributed by atoms with van der Waals surface area (Å²) in [6.07, 6.45) is 3.56. The zero-order valence-corrected chi connectivity index (χ0v) is 15.1. The highest BCUT2D eigenvalue weighted by molar-refractivity contribution is 6.06. The van der Waals surface area contributed by atoms with Gasteiger partial charge in [0.2, 0.25) is 0 Å². The number of unbranched alkanes of at least 4 members (excludes halogenated alkanes) is 1. The summed E-state index contributed by atoms with van der Waals surface area (Å²) in [5.41, 5.74) is -0.749. The van der Waals surface area contributed by atoms with Crippen molar-refractivity contribution in [1.29, 1.82) is 0 Å². The molecule has 0 spiro atoms. The van der Waals surface area contributed by atoms with Gasteiger partial charge in [0.1, 0.15) is 5.54 Å². The maximum absolute atomic E-state index is 12.3. The molecule has 1 rings (SSSR count). The second-order valence-corrected chi connectivity index (χ2v) is 6.18. The van der Waals surface area contributed by atoms with Gasteiger partial charge in [-0.25, -0.2) is 4.79 Å². The van der Waals surface area contributed by atoms with Crippen molar-refractivity contribution in [3.05, 3.63) is 0 Å². The van der Waals surface area contributed by atoms with Crippen LogP contribution in [0.1, 0.15) is 46.5 Å². The van der Waals surface area contributed by atoms with E-state index in [9.17, 15) is 9.59 Å². The van der Waals surface area contributed by atoms with Crippen LogP contribution in [0.4, 0.5) is 4.79 Å². The highest BCUT2D eigenvalue weighted by atomic mass is 16.2. The Morgan fingerprint density at radius 1 is 1.35 bits per heavy atom. The summed E-state index contributed by atoms with van der Waals surface area (Å²) in [5, 5.41) is 6.04. The molecule has 7 heteroatoms. The third-order valence-electron chi connectivity index (χ3n) is 4.31. The van der Waals surface area contributed by atoms with Gasteiger partial charge in [-0.1, -0.05) is 20.3 Å². The zero-order valence-electron chi connectivity index (χ0n) is 15.1. The number of nitrogens with zero attached hydrogens (tertiary/aromatic N) is 3. The molecule has 2 N–H and O–H groups in total. The summed E-state index contributed by atoms with van der Waals surface area (Å²) in [7, 11) is 3.77. The topological polar surface area (TPSA) is 77.0 Å². The lowest BCUT2D eigenvalue weighted by Crippen LogP contribution is -2.43. The average molecular weight is 325 g/mol. The number of carbonyl (C=O) groups is 2. The Morgan fingerprint density at radius 2 is 2.04 bits per heavy atom. The van der Waals surface area contributed by atoms with Gasteiger partial charge in [-0.15, -0.1) is 0 Å². The molecule has 7 nitrogen and oxygen atoms in total. The Hall–Kier alpha value is -1.79. The molecule has 1 atom stereocenters. The molecule has 0 aliphatic carbocycles. The van der Waals surface area contributed by atoms with Gasteiger partial charge in [0.15, 0.2) is 5.96 Å². The summed E-state index contributed by atoms with van der Waals surface area (Å²) in [6.45, 7) is 7.88. The first-order valence-corrected chi connectivity index (χ1v) is 8.45. The molecule has 3 amide bonds. The van der Waals surface area contributed by atoms with Crippen molar-refractivity contribution in [2.24, 2.45) is 4.99 Å². The first-order chi connectivity index (χ1) is 10.9. The van der Waals surface area contributed by atoms with Gasteiger partial charge in [-0.3, -0.25) is 14.7 Å². The Bertz CT molecular complexity index is 452. The predicted molar refractivity (Wildman–Crippen MR) is 92.5 cm³/mol. The van der Waals surface area contributed by atoms with Gasteiger partial charge in [0.05, 0.1) is 0 Å². The maximum Gasteiger partial charge on any atom is 0.325 e. The first kappa shape index (κ1) is 19.3. The molecule has 132 valence electrons. The van der Waals surface area contributed by atoms with Crippen LogP contribution in [-0.2, 0) is 4.79 Å². The lowest BCUT2D eigenvalue weighted by atomic mass is 9.99. The SMILES string of the molecule is CCCCN(C)C(=NC)NCCCN1C(=O)NC(C)(CC)C1=O. The van der Waals surface area contributed by atoms with Crippen molar-refractivity contribution in [3.63, 3.8) is 0 Å².